The molecule has 7 nitrogen and oxygen atoms in total. The molecule has 3 N–H and O–H groups in total. The van der Waals surface area contributed by atoms with Gasteiger partial charge in [-0.25, -0.2) is 0 Å². The summed E-state index contributed by atoms with van der Waals surface area (Å²) < 4.78 is 1.94. The van der Waals surface area contributed by atoms with Crippen LogP contribution in [0.25, 0.3) is 0 Å². The number of carbonyl (C=O) groups is 1. The molecule has 2 aromatic heterocycles. The van der Waals surface area contributed by atoms with Gasteiger partial charge in [0.2, 0.25) is 0 Å². The summed E-state index contributed by atoms with van der Waals surface area (Å²) in [5, 5.41) is 12.2. The van der Waals surface area contributed by atoms with Gasteiger partial charge in [-0.1, -0.05) is 18.2 Å². The fourth-order valence-electron chi connectivity index (χ4n) is 6.16. The Morgan fingerprint density at radius 3 is 2.59 bits per heavy atom. The summed E-state index contributed by atoms with van der Waals surface area (Å²) >= 11 is 7.37. The van der Waals surface area contributed by atoms with E-state index in [9.17, 15) is 9.59 Å². The summed E-state index contributed by atoms with van der Waals surface area (Å²) in [6.07, 6.45) is 1.07. The number of aromatic nitrogens is 1. The Bertz CT molecular complexity index is 1640. The summed E-state index contributed by atoms with van der Waals surface area (Å²) in [6, 6.07) is 21.6. The molecule has 2 aromatic carbocycles. The number of thiophene rings is 1. The molecule has 41 heavy (non-hydrogen) atoms. The normalized spacial score (nSPS) is 17.5. The van der Waals surface area contributed by atoms with E-state index in [0.29, 0.717) is 23.1 Å². The number of pyridine rings is 1. The smallest absolute Gasteiger partial charge is 0.251 e. The summed E-state index contributed by atoms with van der Waals surface area (Å²) in [5.41, 5.74) is 6.74. The van der Waals surface area contributed by atoms with Crippen LogP contribution in [0.5, 0.6) is 0 Å². The molecule has 2 aliphatic heterocycles. The number of piperidine rings is 1. The highest BCUT2D eigenvalue weighted by molar-refractivity contribution is 7.80. The van der Waals surface area contributed by atoms with Crippen LogP contribution in [0.2, 0.25) is 0 Å². The fourth-order valence-corrected chi connectivity index (χ4v) is 7.03. The predicted molar refractivity (Wildman–Crippen MR) is 171 cm³/mol. The summed E-state index contributed by atoms with van der Waals surface area (Å²) in [7, 11) is 0. The lowest BCUT2D eigenvalue weighted by atomic mass is 9.83. The Morgan fingerprint density at radius 1 is 0.976 bits per heavy atom. The first-order valence-electron chi connectivity index (χ1n) is 13.9. The number of anilines is 3. The summed E-state index contributed by atoms with van der Waals surface area (Å²) in [4.78, 5) is 29.1. The maximum absolute atomic E-state index is 13.1. The zero-order chi connectivity index (χ0) is 28.5. The van der Waals surface area contributed by atoms with E-state index >= 15 is 0 Å². The molecular weight excluding hydrogens is 551 g/mol. The highest BCUT2D eigenvalue weighted by Crippen LogP contribution is 2.39. The van der Waals surface area contributed by atoms with Crippen LogP contribution in [0.1, 0.15) is 44.4 Å². The molecular formula is C32H33N5O2S2. The van der Waals surface area contributed by atoms with Gasteiger partial charge in [0.05, 0.1) is 17.9 Å². The Kier molecular flexibility index (Phi) is 7.64. The van der Waals surface area contributed by atoms with Gasteiger partial charge in [0, 0.05) is 53.4 Å². The van der Waals surface area contributed by atoms with Crippen molar-refractivity contribution >= 4 is 51.6 Å². The lowest BCUT2D eigenvalue weighted by Crippen LogP contribution is -2.47. The second kappa shape index (κ2) is 11.5. The van der Waals surface area contributed by atoms with Crippen molar-refractivity contribution in [3.8, 4) is 0 Å². The molecule has 1 saturated heterocycles. The van der Waals surface area contributed by atoms with Gasteiger partial charge in [0.1, 0.15) is 0 Å². The van der Waals surface area contributed by atoms with Crippen LogP contribution in [0, 0.1) is 19.8 Å². The highest BCUT2D eigenvalue weighted by Gasteiger charge is 2.35. The van der Waals surface area contributed by atoms with Gasteiger partial charge >= 0.3 is 0 Å². The Hall–Kier alpha value is -3.95. The number of aryl methyl sites for hydroxylation is 2. The molecule has 4 heterocycles. The number of nitrogens with zero attached hydrogens (tertiary/aromatic N) is 2. The standard InChI is InChI=1S/C32H33N5O2S2/c1-20-11-21(2)13-25(12-20)34-32(40)35-27-15-23(31(39)33-16-26-5-4-10-41-26)8-9-29(27)36-17-22-14-24(19-36)28-6-3-7-30(38)37(28)18-22/h3-13,15,22,24H,14,16-19H2,1-2H3,(H,33,39)(H2,34,35,40). The minimum Gasteiger partial charge on any atom is -0.369 e. The molecule has 0 saturated carbocycles. The van der Waals surface area contributed by atoms with Crippen molar-refractivity contribution in [2.24, 2.45) is 5.92 Å². The van der Waals surface area contributed by atoms with Crippen LogP contribution in [0.15, 0.2) is 76.9 Å². The Balaban J connectivity index is 1.28. The van der Waals surface area contributed by atoms with Gasteiger partial charge < -0.3 is 25.4 Å². The van der Waals surface area contributed by atoms with Crippen LogP contribution < -0.4 is 26.4 Å². The van der Waals surface area contributed by atoms with Crippen molar-refractivity contribution in [1.29, 1.82) is 0 Å². The average molecular weight is 584 g/mol. The van der Waals surface area contributed by atoms with E-state index in [4.69, 9.17) is 12.2 Å². The monoisotopic (exact) mass is 583 g/mol. The third-order valence-corrected chi connectivity index (χ3v) is 8.89. The van der Waals surface area contributed by atoms with Gasteiger partial charge in [0.25, 0.3) is 11.5 Å². The van der Waals surface area contributed by atoms with E-state index in [0.717, 1.165) is 64.8 Å². The largest absolute Gasteiger partial charge is 0.369 e. The van der Waals surface area contributed by atoms with Gasteiger partial charge in [-0.3, -0.25) is 9.59 Å². The first-order chi connectivity index (χ1) is 19.8. The molecule has 2 bridgehead atoms. The molecule has 9 heteroatoms. The maximum Gasteiger partial charge on any atom is 0.251 e. The SMILES string of the molecule is Cc1cc(C)cc(NC(=S)Nc2cc(C(=O)NCc3cccs3)ccc2N2CC3CC(C2)c2cccc(=O)n2C3)c1. The minimum absolute atomic E-state index is 0.0775. The Morgan fingerprint density at radius 2 is 1.80 bits per heavy atom. The molecule has 0 spiro atoms. The number of hydrogen-bond donors (Lipinski definition) is 3. The number of nitrogens with one attached hydrogen (secondary N) is 3. The quantitative estimate of drug-likeness (QED) is 0.246. The van der Waals surface area contributed by atoms with Crippen molar-refractivity contribution in [2.75, 3.05) is 28.6 Å². The minimum atomic E-state index is -0.134. The second-order valence-corrected chi connectivity index (χ2v) is 12.5. The summed E-state index contributed by atoms with van der Waals surface area (Å²) in [6.45, 7) is 6.95. The number of fused-ring (bicyclic) bond motifs is 4. The van der Waals surface area contributed by atoms with Crippen LogP contribution in [0.4, 0.5) is 17.1 Å². The van der Waals surface area contributed by atoms with E-state index < -0.39 is 0 Å². The lowest BCUT2D eigenvalue weighted by molar-refractivity contribution is 0.0951. The zero-order valence-electron chi connectivity index (χ0n) is 23.1. The molecule has 1 amide bonds. The maximum atomic E-state index is 13.1. The van der Waals surface area contributed by atoms with Crippen molar-refractivity contribution < 1.29 is 4.79 Å². The van der Waals surface area contributed by atoms with Crippen molar-refractivity contribution in [2.45, 2.75) is 39.3 Å². The number of thiocarbonyl (C=S) groups is 1. The molecule has 2 atom stereocenters. The molecule has 2 aliphatic rings. The summed E-state index contributed by atoms with van der Waals surface area (Å²) in [5.74, 6) is 0.492. The third-order valence-electron chi connectivity index (χ3n) is 7.81. The fraction of sp³-hybridized carbons (Fsp3) is 0.281. The topological polar surface area (TPSA) is 78.4 Å². The van der Waals surface area contributed by atoms with Crippen LogP contribution in [0.3, 0.4) is 0 Å². The van der Waals surface area contributed by atoms with Crippen molar-refractivity contribution in [3.63, 3.8) is 0 Å². The number of hydrogen-bond acceptors (Lipinski definition) is 5. The molecule has 210 valence electrons. The van der Waals surface area contributed by atoms with E-state index in [-0.39, 0.29) is 17.4 Å². The molecule has 6 rings (SSSR count). The second-order valence-electron chi connectivity index (χ2n) is 11.1. The number of benzene rings is 2. The molecule has 0 aliphatic carbocycles. The molecule has 4 aromatic rings. The van der Waals surface area contributed by atoms with Gasteiger partial charge in [-0.2, -0.15) is 0 Å². The molecule has 0 radical (unpaired) electrons. The first kappa shape index (κ1) is 27.2. The van der Waals surface area contributed by atoms with Crippen LogP contribution in [-0.4, -0.2) is 28.7 Å². The van der Waals surface area contributed by atoms with Gasteiger partial charge in [0.15, 0.2) is 5.11 Å². The van der Waals surface area contributed by atoms with Gasteiger partial charge in [-0.05, 0) is 97.4 Å². The number of amides is 1. The Labute approximate surface area is 249 Å². The van der Waals surface area contributed by atoms with E-state index in [1.54, 1.807) is 17.4 Å². The number of carbonyl (C=O) groups excluding carboxylic acids is 1. The van der Waals surface area contributed by atoms with E-state index in [2.05, 4.69) is 59.0 Å². The zero-order valence-corrected chi connectivity index (χ0v) is 24.8. The predicted octanol–water partition coefficient (Wildman–Crippen LogP) is 5.89. The highest BCUT2D eigenvalue weighted by atomic mass is 32.1. The van der Waals surface area contributed by atoms with Crippen molar-refractivity contribution in [3.05, 3.63) is 110 Å². The number of rotatable bonds is 6. The lowest BCUT2D eigenvalue weighted by Gasteiger charge is -2.44. The average Bonchev–Trinajstić information content (AvgIpc) is 3.45. The van der Waals surface area contributed by atoms with Crippen LogP contribution >= 0.6 is 23.6 Å². The molecule has 2 unspecified atom stereocenters. The third kappa shape index (κ3) is 6.06. The molecule has 1 fully saturated rings. The van der Waals surface area contributed by atoms with E-state index in [1.165, 1.54) is 0 Å². The van der Waals surface area contributed by atoms with Gasteiger partial charge in [-0.15, -0.1) is 11.3 Å². The first-order valence-corrected chi connectivity index (χ1v) is 15.2. The van der Waals surface area contributed by atoms with Crippen LogP contribution in [-0.2, 0) is 13.1 Å². The van der Waals surface area contributed by atoms with Crippen molar-refractivity contribution in [1.82, 2.24) is 9.88 Å². The van der Waals surface area contributed by atoms with E-state index in [1.807, 2.05) is 46.3 Å².